The molecule has 5 heteroatoms. The Morgan fingerprint density at radius 2 is 1.88 bits per heavy atom. The number of halogens is 1. The number of nitriles is 2. The highest BCUT2D eigenvalue weighted by Crippen LogP contribution is 2.24. The van der Waals surface area contributed by atoms with Gasteiger partial charge in [0.05, 0.1) is 18.7 Å². The van der Waals surface area contributed by atoms with Crippen LogP contribution in [0.5, 0.6) is 0 Å². The first-order valence-electron chi connectivity index (χ1n) is 4.61. The van der Waals surface area contributed by atoms with Crippen LogP contribution in [0.1, 0.15) is 5.56 Å². The minimum Gasteiger partial charge on any atom is -0.392 e. The number of hydrogen-bond acceptors (Lipinski definition) is 4. The molecule has 0 unspecified atom stereocenters. The molecule has 1 N–H and O–H groups in total. The second kappa shape index (κ2) is 5.97. The second-order valence-corrected chi connectivity index (χ2v) is 3.54. The van der Waals surface area contributed by atoms with E-state index in [0.29, 0.717) is 16.3 Å². The van der Waals surface area contributed by atoms with Crippen molar-refractivity contribution < 1.29 is 5.11 Å². The Morgan fingerprint density at radius 3 is 2.38 bits per heavy atom. The molecule has 0 saturated carbocycles. The molecule has 0 heterocycles. The van der Waals surface area contributed by atoms with Crippen LogP contribution in [0.2, 0.25) is 5.02 Å². The van der Waals surface area contributed by atoms with Gasteiger partial charge in [-0.3, -0.25) is 0 Å². The quantitative estimate of drug-likeness (QED) is 0.806. The van der Waals surface area contributed by atoms with E-state index in [9.17, 15) is 0 Å². The van der Waals surface area contributed by atoms with Gasteiger partial charge < -0.3 is 10.0 Å². The van der Waals surface area contributed by atoms with Crippen molar-refractivity contribution in [2.24, 2.45) is 0 Å². The van der Waals surface area contributed by atoms with Gasteiger partial charge in [0.1, 0.15) is 13.1 Å². The topological polar surface area (TPSA) is 71.0 Å². The van der Waals surface area contributed by atoms with Crippen LogP contribution in [0.4, 0.5) is 5.69 Å². The van der Waals surface area contributed by atoms with Crippen molar-refractivity contribution in [1.82, 2.24) is 0 Å². The van der Waals surface area contributed by atoms with Gasteiger partial charge in [-0.25, -0.2) is 0 Å². The molecule has 0 radical (unpaired) electrons. The maximum Gasteiger partial charge on any atom is 0.106 e. The van der Waals surface area contributed by atoms with Crippen LogP contribution in [0.3, 0.4) is 0 Å². The Balaban J connectivity index is 3.12. The van der Waals surface area contributed by atoms with Gasteiger partial charge in [0.2, 0.25) is 0 Å². The van der Waals surface area contributed by atoms with E-state index < -0.39 is 0 Å². The number of aliphatic hydroxyl groups excluding tert-OH is 1. The van der Waals surface area contributed by atoms with E-state index in [0.717, 1.165) is 0 Å². The zero-order valence-corrected chi connectivity index (χ0v) is 9.28. The number of anilines is 1. The molecule has 0 amide bonds. The Kier molecular flexibility index (Phi) is 4.60. The molecular formula is C11H10ClN3O. The first-order chi connectivity index (χ1) is 7.72. The van der Waals surface area contributed by atoms with E-state index in [1.54, 1.807) is 23.1 Å². The third-order valence-corrected chi connectivity index (χ3v) is 2.32. The molecule has 0 bridgehead atoms. The Labute approximate surface area is 98.9 Å². The number of rotatable bonds is 4. The smallest absolute Gasteiger partial charge is 0.106 e. The Morgan fingerprint density at radius 1 is 1.25 bits per heavy atom. The summed E-state index contributed by atoms with van der Waals surface area (Å²) in [6, 6.07) is 8.92. The molecule has 82 valence electrons. The van der Waals surface area contributed by atoms with E-state index in [1.165, 1.54) is 0 Å². The molecule has 0 atom stereocenters. The molecule has 0 aromatic heterocycles. The molecule has 1 rings (SSSR count). The third-order valence-electron chi connectivity index (χ3n) is 2.08. The molecule has 0 aliphatic heterocycles. The lowest BCUT2D eigenvalue weighted by Gasteiger charge is -2.21. The van der Waals surface area contributed by atoms with Crippen molar-refractivity contribution in [3.63, 3.8) is 0 Å². The summed E-state index contributed by atoms with van der Waals surface area (Å²) < 4.78 is 0. The summed E-state index contributed by atoms with van der Waals surface area (Å²) in [5.74, 6) is 0. The molecule has 1 aromatic rings. The first-order valence-corrected chi connectivity index (χ1v) is 4.99. The maximum atomic E-state index is 9.16. The summed E-state index contributed by atoms with van der Waals surface area (Å²) in [4.78, 5) is 1.57. The van der Waals surface area contributed by atoms with Crippen molar-refractivity contribution in [1.29, 1.82) is 10.5 Å². The largest absolute Gasteiger partial charge is 0.392 e. The molecule has 1 aromatic carbocycles. The van der Waals surface area contributed by atoms with Gasteiger partial charge in [0.25, 0.3) is 0 Å². The number of hydrogen-bond donors (Lipinski definition) is 1. The lowest BCUT2D eigenvalue weighted by atomic mass is 10.1. The van der Waals surface area contributed by atoms with Crippen LogP contribution in [0, 0.1) is 22.7 Å². The third kappa shape index (κ3) is 2.87. The summed E-state index contributed by atoms with van der Waals surface area (Å²) in [6.07, 6.45) is 0. The van der Waals surface area contributed by atoms with E-state index in [1.807, 2.05) is 12.1 Å². The highest BCUT2D eigenvalue weighted by Gasteiger charge is 2.10. The number of aliphatic hydroxyl groups is 1. The fourth-order valence-corrected chi connectivity index (χ4v) is 1.53. The summed E-state index contributed by atoms with van der Waals surface area (Å²) in [5.41, 5.74) is 1.27. The van der Waals surface area contributed by atoms with E-state index >= 15 is 0 Å². The molecule has 4 nitrogen and oxygen atoms in total. The zero-order chi connectivity index (χ0) is 12.0. The fourth-order valence-electron chi connectivity index (χ4n) is 1.36. The van der Waals surface area contributed by atoms with Gasteiger partial charge in [-0.15, -0.1) is 0 Å². The van der Waals surface area contributed by atoms with Crippen LogP contribution in [-0.2, 0) is 6.61 Å². The lowest BCUT2D eigenvalue weighted by Crippen LogP contribution is -2.25. The molecule has 0 aliphatic carbocycles. The average molecular weight is 236 g/mol. The molecular weight excluding hydrogens is 226 g/mol. The molecule has 0 aliphatic rings. The predicted molar refractivity (Wildman–Crippen MR) is 60.8 cm³/mol. The van der Waals surface area contributed by atoms with Gasteiger partial charge in [-0.05, 0) is 12.1 Å². The van der Waals surface area contributed by atoms with Crippen molar-refractivity contribution >= 4 is 17.3 Å². The maximum absolute atomic E-state index is 9.16. The Hall–Kier alpha value is -1.75. The molecule has 0 saturated heterocycles. The lowest BCUT2D eigenvalue weighted by molar-refractivity contribution is 0.282. The number of benzene rings is 1. The van der Waals surface area contributed by atoms with Crippen LogP contribution < -0.4 is 4.90 Å². The second-order valence-electron chi connectivity index (χ2n) is 3.10. The monoisotopic (exact) mass is 235 g/mol. The van der Waals surface area contributed by atoms with Crippen LogP contribution in [0.15, 0.2) is 18.2 Å². The van der Waals surface area contributed by atoms with Crippen LogP contribution >= 0.6 is 11.6 Å². The summed E-state index contributed by atoms with van der Waals surface area (Å²) in [6.45, 7) is 0.0155. The molecule has 0 fully saturated rings. The summed E-state index contributed by atoms with van der Waals surface area (Å²) in [5, 5.41) is 27.0. The SMILES string of the molecule is N#CCN(CC#N)c1cc(Cl)ccc1CO. The minimum atomic E-state index is -0.153. The van der Waals surface area contributed by atoms with Crippen LogP contribution in [-0.4, -0.2) is 18.2 Å². The fraction of sp³-hybridized carbons (Fsp3) is 0.273. The standard InChI is InChI=1S/C11H10ClN3O/c12-10-2-1-9(8-16)11(7-10)15(5-3-13)6-4-14/h1-2,7,16H,5-6,8H2. The number of nitrogens with zero attached hydrogens (tertiary/aromatic N) is 3. The molecule has 16 heavy (non-hydrogen) atoms. The van der Waals surface area contributed by atoms with Gasteiger partial charge >= 0.3 is 0 Å². The van der Waals surface area contributed by atoms with Crippen molar-refractivity contribution in [2.75, 3.05) is 18.0 Å². The highest BCUT2D eigenvalue weighted by molar-refractivity contribution is 6.30. The minimum absolute atomic E-state index is 0.0842. The first kappa shape index (κ1) is 12.3. The van der Waals surface area contributed by atoms with Gasteiger partial charge in [-0.1, -0.05) is 17.7 Å². The van der Waals surface area contributed by atoms with Crippen LogP contribution in [0.25, 0.3) is 0 Å². The molecule has 0 spiro atoms. The summed E-state index contributed by atoms with van der Waals surface area (Å²) in [7, 11) is 0. The normalized spacial score (nSPS) is 9.25. The van der Waals surface area contributed by atoms with Gasteiger partial charge in [-0.2, -0.15) is 10.5 Å². The van der Waals surface area contributed by atoms with Crippen molar-refractivity contribution in [2.45, 2.75) is 6.61 Å². The highest BCUT2D eigenvalue weighted by atomic mass is 35.5. The van der Waals surface area contributed by atoms with Crippen molar-refractivity contribution in [3.8, 4) is 12.1 Å². The zero-order valence-electron chi connectivity index (χ0n) is 8.52. The predicted octanol–water partition coefficient (Wildman–Crippen LogP) is 1.69. The van der Waals surface area contributed by atoms with E-state index in [2.05, 4.69) is 0 Å². The van der Waals surface area contributed by atoms with Gasteiger partial charge in [0.15, 0.2) is 0 Å². The van der Waals surface area contributed by atoms with E-state index in [4.69, 9.17) is 27.2 Å². The van der Waals surface area contributed by atoms with Gasteiger partial charge in [0, 0.05) is 16.3 Å². The summed E-state index contributed by atoms with van der Waals surface area (Å²) >= 11 is 5.84. The van der Waals surface area contributed by atoms with E-state index in [-0.39, 0.29) is 19.7 Å². The average Bonchev–Trinajstić information content (AvgIpc) is 2.29. The Bertz CT molecular complexity index is 432. The van der Waals surface area contributed by atoms with Crippen molar-refractivity contribution in [3.05, 3.63) is 28.8 Å².